The zero-order valence-electron chi connectivity index (χ0n) is 16.2. The number of hydrogen-bond donors (Lipinski definition) is 1. The maximum atomic E-state index is 5.94. The van der Waals surface area contributed by atoms with Crippen LogP contribution in [0, 0.1) is 5.92 Å². The maximum absolute atomic E-state index is 5.94. The quantitative estimate of drug-likeness (QED) is 0.578. The molecular formula is C24H26N2O2. The molecule has 1 aliphatic rings. The summed E-state index contributed by atoms with van der Waals surface area (Å²) in [5.74, 6) is 2.26. The number of pyridine rings is 1. The fraction of sp³-hybridized carbons (Fsp3) is 0.292. The van der Waals surface area contributed by atoms with Crippen LogP contribution in [0.3, 0.4) is 0 Å². The molecule has 1 aliphatic carbocycles. The van der Waals surface area contributed by atoms with E-state index in [1.165, 1.54) is 24.0 Å². The number of nitrogens with zero attached hydrogens (tertiary/aromatic N) is 1. The molecule has 1 aromatic heterocycles. The second kappa shape index (κ2) is 8.89. The molecule has 0 saturated heterocycles. The summed E-state index contributed by atoms with van der Waals surface area (Å²) in [6, 6.07) is 21.2. The van der Waals surface area contributed by atoms with Crippen LogP contribution in [-0.4, -0.2) is 12.1 Å². The Morgan fingerprint density at radius 3 is 2.46 bits per heavy atom. The Balaban J connectivity index is 1.41. The van der Waals surface area contributed by atoms with E-state index in [2.05, 4.69) is 52.8 Å². The SMILES string of the molecule is COc1cc(CNC(c2ccccc2)C2CC2)ccc1OCc1ccncc1. The van der Waals surface area contributed by atoms with E-state index >= 15 is 0 Å². The number of rotatable bonds is 9. The molecule has 0 spiro atoms. The van der Waals surface area contributed by atoms with Crippen molar-refractivity contribution in [2.45, 2.75) is 32.0 Å². The average molecular weight is 374 g/mol. The number of methoxy groups -OCH3 is 1. The van der Waals surface area contributed by atoms with Gasteiger partial charge in [0.15, 0.2) is 11.5 Å². The zero-order valence-corrected chi connectivity index (χ0v) is 16.2. The maximum Gasteiger partial charge on any atom is 0.161 e. The minimum atomic E-state index is 0.412. The molecule has 1 fully saturated rings. The molecule has 3 aromatic rings. The highest BCUT2D eigenvalue weighted by molar-refractivity contribution is 5.43. The van der Waals surface area contributed by atoms with E-state index in [9.17, 15) is 0 Å². The van der Waals surface area contributed by atoms with Gasteiger partial charge in [0, 0.05) is 25.0 Å². The number of aromatic nitrogens is 1. The van der Waals surface area contributed by atoms with Gasteiger partial charge in [0.05, 0.1) is 7.11 Å². The first-order valence-corrected chi connectivity index (χ1v) is 9.80. The first-order valence-electron chi connectivity index (χ1n) is 9.80. The van der Waals surface area contributed by atoms with Crippen LogP contribution in [0.2, 0.25) is 0 Å². The van der Waals surface area contributed by atoms with Gasteiger partial charge in [-0.2, -0.15) is 0 Å². The normalized spacial score (nSPS) is 14.5. The lowest BCUT2D eigenvalue weighted by Gasteiger charge is -2.19. The van der Waals surface area contributed by atoms with E-state index in [1.807, 2.05) is 18.2 Å². The summed E-state index contributed by atoms with van der Waals surface area (Å²) in [6.07, 6.45) is 6.15. The molecule has 0 radical (unpaired) electrons. The van der Waals surface area contributed by atoms with Crippen LogP contribution < -0.4 is 14.8 Å². The largest absolute Gasteiger partial charge is 0.493 e. The molecule has 4 heteroatoms. The standard InChI is InChI=1S/C24H26N2O2/c1-27-23-15-19(7-10-22(23)28-17-18-11-13-25-14-12-18)16-26-24(21-8-9-21)20-5-3-2-4-6-20/h2-7,10-15,21,24,26H,8-9,16-17H2,1H3. The van der Waals surface area contributed by atoms with Crippen LogP contribution in [-0.2, 0) is 13.2 Å². The predicted octanol–water partition coefficient (Wildman–Crippen LogP) is 4.91. The molecular weight excluding hydrogens is 348 g/mol. The fourth-order valence-electron chi connectivity index (χ4n) is 3.46. The van der Waals surface area contributed by atoms with Crippen LogP contribution in [0.15, 0.2) is 73.1 Å². The van der Waals surface area contributed by atoms with E-state index in [1.54, 1.807) is 19.5 Å². The molecule has 1 atom stereocenters. The lowest BCUT2D eigenvalue weighted by Crippen LogP contribution is -2.22. The highest BCUT2D eigenvalue weighted by atomic mass is 16.5. The molecule has 0 aliphatic heterocycles. The first kappa shape index (κ1) is 18.5. The van der Waals surface area contributed by atoms with Crippen molar-refractivity contribution in [3.8, 4) is 11.5 Å². The van der Waals surface area contributed by atoms with Gasteiger partial charge < -0.3 is 14.8 Å². The third-order valence-electron chi connectivity index (χ3n) is 5.15. The molecule has 1 unspecified atom stereocenters. The van der Waals surface area contributed by atoms with Gasteiger partial charge in [-0.15, -0.1) is 0 Å². The molecule has 28 heavy (non-hydrogen) atoms. The highest BCUT2D eigenvalue weighted by Gasteiger charge is 2.31. The van der Waals surface area contributed by atoms with Gasteiger partial charge in [0.2, 0.25) is 0 Å². The number of hydrogen-bond acceptors (Lipinski definition) is 4. The minimum absolute atomic E-state index is 0.412. The lowest BCUT2D eigenvalue weighted by molar-refractivity contribution is 0.284. The van der Waals surface area contributed by atoms with Crippen LogP contribution in [0.4, 0.5) is 0 Å². The van der Waals surface area contributed by atoms with Gasteiger partial charge in [-0.25, -0.2) is 0 Å². The number of nitrogens with one attached hydrogen (secondary N) is 1. The molecule has 2 aromatic carbocycles. The Bertz CT molecular complexity index is 880. The summed E-state index contributed by atoms with van der Waals surface area (Å²) in [5, 5.41) is 3.74. The van der Waals surface area contributed by atoms with Crippen molar-refractivity contribution < 1.29 is 9.47 Å². The molecule has 4 nitrogen and oxygen atoms in total. The molecule has 4 rings (SSSR count). The Kier molecular flexibility index (Phi) is 5.88. The summed E-state index contributed by atoms with van der Waals surface area (Å²) in [4.78, 5) is 4.03. The molecule has 1 saturated carbocycles. The van der Waals surface area contributed by atoms with E-state index in [-0.39, 0.29) is 0 Å². The third-order valence-corrected chi connectivity index (χ3v) is 5.15. The Morgan fingerprint density at radius 2 is 1.75 bits per heavy atom. The second-order valence-corrected chi connectivity index (χ2v) is 7.24. The molecule has 1 N–H and O–H groups in total. The third kappa shape index (κ3) is 4.70. The number of benzene rings is 2. The van der Waals surface area contributed by atoms with Gasteiger partial charge in [0.1, 0.15) is 6.61 Å². The van der Waals surface area contributed by atoms with E-state index in [4.69, 9.17) is 9.47 Å². The van der Waals surface area contributed by atoms with Crippen molar-refractivity contribution in [1.82, 2.24) is 10.3 Å². The monoisotopic (exact) mass is 374 g/mol. The van der Waals surface area contributed by atoms with Crippen molar-refractivity contribution in [2.24, 2.45) is 5.92 Å². The second-order valence-electron chi connectivity index (χ2n) is 7.24. The predicted molar refractivity (Wildman–Crippen MR) is 110 cm³/mol. The van der Waals surface area contributed by atoms with Crippen LogP contribution in [0.5, 0.6) is 11.5 Å². The molecule has 0 bridgehead atoms. The minimum Gasteiger partial charge on any atom is -0.493 e. The Morgan fingerprint density at radius 1 is 0.964 bits per heavy atom. The molecule has 144 valence electrons. The lowest BCUT2D eigenvalue weighted by atomic mass is 10.0. The van der Waals surface area contributed by atoms with E-state index in [0.717, 1.165) is 29.5 Å². The summed E-state index contributed by atoms with van der Waals surface area (Å²) in [6.45, 7) is 1.30. The van der Waals surface area contributed by atoms with Gasteiger partial charge in [-0.1, -0.05) is 36.4 Å². The van der Waals surface area contributed by atoms with Gasteiger partial charge in [0.25, 0.3) is 0 Å². The van der Waals surface area contributed by atoms with Crippen LogP contribution in [0.1, 0.15) is 35.6 Å². The van der Waals surface area contributed by atoms with Crippen LogP contribution in [0.25, 0.3) is 0 Å². The van der Waals surface area contributed by atoms with Gasteiger partial charge in [-0.05, 0) is 59.7 Å². The average Bonchev–Trinajstić information content (AvgIpc) is 3.59. The Hall–Kier alpha value is -2.85. The topological polar surface area (TPSA) is 43.4 Å². The summed E-state index contributed by atoms with van der Waals surface area (Å²) >= 11 is 0. The summed E-state index contributed by atoms with van der Waals surface area (Å²) in [5.41, 5.74) is 3.64. The number of ether oxygens (including phenoxy) is 2. The molecule has 0 amide bonds. The zero-order chi connectivity index (χ0) is 19.2. The van der Waals surface area contributed by atoms with Crippen molar-refractivity contribution in [2.75, 3.05) is 7.11 Å². The van der Waals surface area contributed by atoms with Crippen LogP contribution >= 0.6 is 0 Å². The fourth-order valence-corrected chi connectivity index (χ4v) is 3.46. The van der Waals surface area contributed by atoms with Gasteiger partial charge in [-0.3, -0.25) is 4.98 Å². The first-order chi connectivity index (χ1) is 13.8. The summed E-state index contributed by atoms with van der Waals surface area (Å²) < 4.78 is 11.5. The van der Waals surface area contributed by atoms with Crippen molar-refractivity contribution >= 4 is 0 Å². The molecule has 1 heterocycles. The smallest absolute Gasteiger partial charge is 0.161 e. The van der Waals surface area contributed by atoms with E-state index in [0.29, 0.717) is 12.6 Å². The van der Waals surface area contributed by atoms with Gasteiger partial charge >= 0.3 is 0 Å². The van der Waals surface area contributed by atoms with Crippen molar-refractivity contribution in [3.63, 3.8) is 0 Å². The van der Waals surface area contributed by atoms with Crippen molar-refractivity contribution in [1.29, 1.82) is 0 Å². The highest BCUT2D eigenvalue weighted by Crippen LogP contribution is 2.41. The van der Waals surface area contributed by atoms with E-state index < -0.39 is 0 Å². The Labute approximate surface area is 166 Å². The summed E-state index contributed by atoms with van der Waals surface area (Å²) in [7, 11) is 1.68. The van der Waals surface area contributed by atoms with Crippen molar-refractivity contribution in [3.05, 3.63) is 89.7 Å².